The Bertz CT molecular complexity index is 153. The van der Waals surface area contributed by atoms with Gasteiger partial charge < -0.3 is 12.9 Å². The Morgan fingerprint density at radius 1 is 1.09 bits per heavy atom. The summed E-state index contributed by atoms with van der Waals surface area (Å²) in [6.45, 7) is 0. The van der Waals surface area contributed by atoms with Crippen molar-refractivity contribution >= 4 is 37.1 Å². The van der Waals surface area contributed by atoms with E-state index in [1.807, 2.05) is 0 Å². The number of thiol groups is 2. The molecule has 0 fully saturated rings. The van der Waals surface area contributed by atoms with Crippen LogP contribution in [0.5, 0.6) is 0 Å². The minimum Gasteiger partial charge on any atom is -1.00 e. The Morgan fingerprint density at radius 3 is 1.36 bits per heavy atom. The minimum atomic E-state index is -0.916. The van der Waals surface area contributed by atoms with Gasteiger partial charge >= 0.3 is 29.6 Å². The molecule has 0 aromatic carbocycles. The summed E-state index contributed by atoms with van der Waals surface area (Å²) in [7, 11) is 0. The summed E-state index contributed by atoms with van der Waals surface area (Å²) in [5.74, 6) is -1.41. The minimum absolute atomic E-state index is 0. The number of carbonyl (C=O) groups excluding carboxylic acids is 2. The van der Waals surface area contributed by atoms with Gasteiger partial charge in [-0.1, -0.05) is 0 Å². The van der Waals surface area contributed by atoms with Gasteiger partial charge in [0.1, 0.15) is 10.5 Å². The Balaban J connectivity index is -0.000000405. The molecule has 7 heteroatoms. The first-order valence-corrected chi connectivity index (χ1v) is 3.45. The van der Waals surface area contributed by atoms with Gasteiger partial charge in [-0.25, -0.2) is 0 Å². The number of hydrogen-bond acceptors (Lipinski definition) is 4. The molecule has 0 radical (unpaired) electrons. The fraction of sp³-hybridized carbons (Fsp3) is 0.500. The molecule has 4 nitrogen and oxygen atoms in total. The zero-order chi connectivity index (χ0) is 8.31. The van der Waals surface area contributed by atoms with Crippen LogP contribution < -0.4 is 41.0 Å². The number of amides is 2. The third-order valence-electron chi connectivity index (χ3n) is 0.882. The van der Waals surface area contributed by atoms with Crippen LogP contribution in [0, 0.1) is 0 Å². The molecule has 0 rings (SSSR count). The van der Waals surface area contributed by atoms with Gasteiger partial charge in [0.05, 0.1) is 0 Å². The molecule has 11 heavy (non-hydrogen) atoms. The number of rotatable bonds is 3. The van der Waals surface area contributed by atoms with Crippen LogP contribution >= 0.6 is 25.3 Å². The van der Waals surface area contributed by atoms with Crippen LogP contribution in [0.4, 0.5) is 0 Å². The van der Waals surface area contributed by atoms with Crippen molar-refractivity contribution in [3.63, 3.8) is 0 Å². The summed E-state index contributed by atoms with van der Waals surface area (Å²) in [5, 5.41) is -1.83. The molecule has 0 aromatic rings. The van der Waals surface area contributed by atoms with E-state index in [4.69, 9.17) is 11.5 Å². The summed E-state index contributed by atoms with van der Waals surface area (Å²) in [6.07, 6.45) is 0. The Kier molecular flexibility index (Phi) is 7.98. The average Bonchev–Trinajstić information content (AvgIpc) is 1.84. The van der Waals surface area contributed by atoms with E-state index in [1.165, 1.54) is 0 Å². The maximum atomic E-state index is 10.3. The average molecular weight is 204 g/mol. The predicted octanol–water partition coefficient (Wildman–Crippen LogP) is -4.33. The summed E-state index contributed by atoms with van der Waals surface area (Å²) in [6, 6.07) is 0. The van der Waals surface area contributed by atoms with Crippen molar-refractivity contribution in [2.75, 3.05) is 0 Å². The number of nitrogens with two attached hydrogens (primary N) is 2. The molecule has 2 atom stereocenters. The van der Waals surface area contributed by atoms with Crippen LogP contribution in [-0.4, -0.2) is 22.3 Å². The normalized spacial score (nSPS) is 14.4. The van der Waals surface area contributed by atoms with Crippen molar-refractivity contribution in [2.45, 2.75) is 10.5 Å². The van der Waals surface area contributed by atoms with E-state index in [0.717, 1.165) is 0 Å². The van der Waals surface area contributed by atoms with E-state index in [2.05, 4.69) is 25.3 Å². The van der Waals surface area contributed by atoms with Gasteiger partial charge in [-0.3, -0.25) is 9.59 Å². The summed E-state index contributed by atoms with van der Waals surface area (Å²) in [4.78, 5) is 20.7. The fourth-order valence-electron chi connectivity index (χ4n) is 0.311. The molecular formula is C4H9N2NaO2S2. The molecule has 0 aromatic heterocycles. The molecule has 0 spiro atoms. The Morgan fingerprint density at radius 2 is 1.27 bits per heavy atom. The first-order valence-electron chi connectivity index (χ1n) is 2.41. The largest absolute Gasteiger partial charge is 1.00 e. The molecule has 0 bridgehead atoms. The number of primary amides is 2. The summed E-state index contributed by atoms with van der Waals surface area (Å²) < 4.78 is 0. The smallest absolute Gasteiger partial charge is 1.00 e. The van der Waals surface area contributed by atoms with Crippen LogP contribution in [-0.2, 0) is 9.59 Å². The van der Waals surface area contributed by atoms with Crippen LogP contribution in [0.1, 0.15) is 1.43 Å². The maximum absolute atomic E-state index is 10.3. The van der Waals surface area contributed by atoms with Gasteiger partial charge in [0.15, 0.2) is 0 Å². The molecule has 0 aliphatic rings. The van der Waals surface area contributed by atoms with E-state index >= 15 is 0 Å². The first-order chi connectivity index (χ1) is 4.46. The number of hydrogen-bond donors (Lipinski definition) is 4. The monoisotopic (exact) mass is 204 g/mol. The van der Waals surface area contributed by atoms with Crippen molar-refractivity contribution in [1.29, 1.82) is 0 Å². The molecule has 60 valence electrons. The maximum Gasteiger partial charge on any atom is 1.00 e. The zero-order valence-electron chi connectivity index (χ0n) is 7.02. The van der Waals surface area contributed by atoms with Gasteiger partial charge in [0, 0.05) is 0 Å². The first kappa shape index (κ1) is 14.2. The van der Waals surface area contributed by atoms with E-state index in [0.29, 0.717) is 0 Å². The summed E-state index contributed by atoms with van der Waals surface area (Å²) >= 11 is 7.41. The predicted molar refractivity (Wildman–Crippen MR) is 45.0 cm³/mol. The van der Waals surface area contributed by atoms with Crippen molar-refractivity contribution in [2.24, 2.45) is 11.5 Å². The van der Waals surface area contributed by atoms with Gasteiger partial charge in [-0.05, 0) is 0 Å². The molecular weight excluding hydrogens is 195 g/mol. The van der Waals surface area contributed by atoms with Crippen molar-refractivity contribution in [3.8, 4) is 0 Å². The van der Waals surface area contributed by atoms with E-state index < -0.39 is 22.3 Å². The molecule has 0 saturated carbocycles. The molecule has 2 unspecified atom stereocenters. The van der Waals surface area contributed by atoms with Gasteiger partial charge in [0.2, 0.25) is 11.8 Å². The topological polar surface area (TPSA) is 86.2 Å². The van der Waals surface area contributed by atoms with E-state index in [9.17, 15) is 9.59 Å². The second kappa shape index (κ2) is 6.19. The van der Waals surface area contributed by atoms with E-state index in [1.54, 1.807) is 0 Å². The van der Waals surface area contributed by atoms with Gasteiger partial charge in [0.25, 0.3) is 0 Å². The van der Waals surface area contributed by atoms with Crippen LogP contribution in [0.25, 0.3) is 0 Å². The Labute approximate surface area is 99.0 Å². The van der Waals surface area contributed by atoms with Gasteiger partial charge in [-0.2, -0.15) is 25.3 Å². The quantitative estimate of drug-likeness (QED) is 0.277. The molecule has 0 heterocycles. The second-order valence-electron chi connectivity index (χ2n) is 1.69. The van der Waals surface area contributed by atoms with Crippen LogP contribution in [0.3, 0.4) is 0 Å². The second-order valence-corrected chi connectivity index (χ2v) is 2.81. The molecule has 4 N–H and O–H groups in total. The van der Waals surface area contributed by atoms with Crippen LogP contribution in [0.15, 0.2) is 0 Å². The third kappa shape index (κ3) is 4.97. The van der Waals surface area contributed by atoms with Crippen molar-refractivity contribution in [3.05, 3.63) is 0 Å². The molecule has 0 aliphatic heterocycles. The Hall–Kier alpha value is 0.640. The number of carbonyl (C=O) groups is 2. The standard InChI is InChI=1S/C4H8N2O2S2.Na.H/c5-3(7)1(9)2(10)4(6)8;;/h1-2,9-10H,(H2,5,7)(H2,6,8);;/q;+1;-1. The fourth-order valence-corrected chi connectivity index (χ4v) is 0.605. The van der Waals surface area contributed by atoms with Crippen LogP contribution in [0.2, 0.25) is 0 Å². The summed E-state index contributed by atoms with van der Waals surface area (Å²) in [5.41, 5.74) is 9.61. The molecule has 0 aliphatic carbocycles. The zero-order valence-corrected chi connectivity index (χ0v) is 9.81. The van der Waals surface area contributed by atoms with Crippen molar-refractivity contribution < 1.29 is 40.6 Å². The van der Waals surface area contributed by atoms with E-state index in [-0.39, 0.29) is 31.0 Å². The molecule has 2 amide bonds. The third-order valence-corrected chi connectivity index (χ3v) is 2.22. The van der Waals surface area contributed by atoms with Crippen molar-refractivity contribution in [1.82, 2.24) is 0 Å². The van der Waals surface area contributed by atoms with Gasteiger partial charge in [-0.15, -0.1) is 0 Å². The SMILES string of the molecule is NC(=O)C(S)C(S)C(N)=O.[H-].[Na+]. The molecule has 0 saturated heterocycles.